The van der Waals surface area contributed by atoms with Crippen LogP contribution in [0.4, 0.5) is 0 Å². The van der Waals surface area contributed by atoms with E-state index in [4.69, 9.17) is 0 Å². The number of nitrogens with one attached hydrogen (secondary N) is 1. The average molecular weight is 236 g/mol. The molecule has 0 radical (unpaired) electrons. The first-order valence-electron chi connectivity index (χ1n) is 6.26. The number of piperidine rings is 1. The average Bonchev–Trinajstić information content (AvgIpc) is 2.90. The third-order valence-corrected chi connectivity index (χ3v) is 4.47. The summed E-state index contributed by atoms with van der Waals surface area (Å²) in [5.74, 6) is 1.26. The molecule has 5 nitrogen and oxygen atoms in total. The highest BCUT2D eigenvalue weighted by Crippen LogP contribution is 2.46. The zero-order valence-electron chi connectivity index (χ0n) is 9.54. The Morgan fingerprint density at radius 2 is 2.18 bits per heavy atom. The van der Waals surface area contributed by atoms with Gasteiger partial charge in [-0.25, -0.2) is 0 Å². The molecule has 0 aromatic heterocycles. The van der Waals surface area contributed by atoms with Crippen molar-refractivity contribution in [1.29, 1.82) is 0 Å². The highest BCUT2D eigenvalue weighted by molar-refractivity contribution is 5.77. The van der Waals surface area contributed by atoms with Crippen LogP contribution in [0.25, 0.3) is 0 Å². The van der Waals surface area contributed by atoms with E-state index in [0.717, 1.165) is 12.8 Å². The van der Waals surface area contributed by atoms with E-state index in [-0.39, 0.29) is 22.8 Å². The number of nitrogens with zero attached hydrogens (tertiary/aromatic N) is 1. The van der Waals surface area contributed by atoms with Crippen LogP contribution >= 0.6 is 0 Å². The molecule has 5 atom stereocenters. The van der Waals surface area contributed by atoms with Gasteiger partial charge in [0, 0.05) is 17.8 Å². The minimum Gasteiger partial charge on any atom is -0.346 e. The third-order valence-electron chi connectivity index (χ3n) is 4.47. The van der Waals surface area contributed by atoms with Gasteiger partial charge in [0.15, 0.2) is 0 Å². The zero-order valence-corrected chi connectivity index (χ0v) is 9.54. The van der Waals surface area contributed by atoms with Gasteiger partial charge in [-0.2, -0.15) is 0 Å². The summed E-state index contributed by atoms with van der Waals surface area (Å²) in [4.78, 5) is 22.3. The van der Waals surface area contributed by atoms with Crippen LogP contribution in [-0.2, 0) is 4.79 Å². The van der Waals surface area contributed by atoms with Gasteiger partial charge in [-0.1, -0.05) is 12.2 Å². The zero-order chi connectivity index (χ0) is 12.0. The van der Waals surface area contributed by atoms with Crippen molar-refractivity contribution in [2.75, 3.05) is 0 Å². The molecule has 1 saturated carbocycles. The van der Waals surface area contributed by atoms with Crippen LogP contribution in [0, 0.1) is 27.9 Å². The number of hydrogen-bond acceptors (Lipinski definition) is 3. The lowest BCUT2D eigenvalue weighted by Gasteiger charge is -2.33. The summed E-state index contributed by atoms with van der Waals surface area (Å²) in [5.41, 5.74) is 0. The van der Waals surface area contributed by atoms with Gasteiger partial charge in [-0.3, -0.25) is 14.9 Å². The van der Waals surface area contributed by atoms with E-state index in [2.05, 4.69) is 17.5 Å². The van der Waals surface area contributed by atoms with Gasteiger partial charge in [-0.15, -0.1) is 0 Å². The summed E-state index contributed by atoms with van der Waals surface area (Å²) in [5, 5.41) is 13.9. The van der Waals surface area contributed by atoms with Gasteiger partial charge in [0.05, 0.1) is 6.04 Å². The molecule has 3 rings (SSSR count). The van der Waals surface area contributed by atoms with Gasteiger partial charge in [0.25, 0.3) is 0 Å². The first-order chi connectivity index (χ1) is 8.15. The van der Waals surface area contributed by atoms with Crippen molar-refractivity contribution < 1.29 is 9.72 Å². The number of allylic oxidation sites excluding steroid dienone is 2. The monoisotopic (exact) mass is 236 g/mol. The number of rotatable bonds is 2. The van der Waals surface area contributed by atoms with Crippen molar-refractivity contribution >= 4 is 5.91 Å². The van der Waals surface area contributed by atoms with Crippen LogP contribution in [0.1, 0.15) is 25.7 Å². The predicted octanol–water partition coefficient (Wildman–Crippen LogP) is 1.12. The van der Waals surface area contributed by atoms with Gasteiger partial charge >= 0.3 is 0 Å². The maximum Gasteiger partial charge on any atom is 0.233 e. The molecule has 3 aliphatic rings. The molecule has 0 aromatic rings. The molecule has 5 heteroatoms. The van der Waals surface area contributed by atoms with Crippen LogP contribution in [0.5, 0.6) is 0 Å². The Labute approximate surface area is 99.4 Å². The molecule has 0 unspecified atom stereocenters. The van der Waals surface area contributed by atoms with E-state index in [9.17, 15) is 14.9 Å². The second kappa shape index (κ2) is 3.82. The van der Waals surface area contributed by atoms with Crippen LogP contribution in [-0.4, -0.2) is 22.9 Å². The van der Waals surface area contributed by atoms with E-state index in [1.165, 1.54) is 0 Å². The fourth-order valence-electron chi connectivity index (χ4n) is 3.68. The van der Waals surface area contributed by atoms with E-state index < -0.39 is 6.04 Å². The molecular formula is C12H16N2O3. The lowest BCUT2D eigenvalue weighted by Crippen LogP contribution is -2.55. The predicted molar refractivity (Wildman–Crippen MR) is 60.8 cm³/mol. The van der Waals surface area contributed by atoms with Gasteiger partial charge < -0.3 is 5.32 Å². The van der Waals surface area contributed by atoms with E-state index in [0.29, 0.717) is 24.7 Å². The van der Waals surface area contributed by atoms with Crippen molar-refractivity contribution in [3.05, 3.63) is 22.3 Å². The Hall–Kier alpha value is -1.39. The Balaban J connectivity index is 1.80. The second-order valence-corrected chi connectivity index (χ2v) is 5.43. The summed E-state index contributed by atoms with van der Waals surface area (Å²) >= 11 is 0. The molecule has 0 aromatic carbocycles. The van der Waals surface area contributed by atoms with Crippen molar-refractivity contribution in [3.8, 4) is 0 Å². The molecule has 92 valence electrons. The number of amides is 1. The molecule has 17 heavy (non-hydrogen) atoms. The molecule has 2 fully saturated rings. The van der Waals surface area contributed by atoms with Crippen molar-refractivity contribution in [2.45, 2.75) is 37.8 Å². The van der Waals surface area contributed by atoms with Crippen LogP contribution < -0.4 is 5.32 Å². The normalized spacial score (nSPS) is 43.8. The van der Waals surface area contributed by atoms with Crippen LogP contribution in [0.15, 0.2) is 12.2 Å². The molecule has 1 aliphatic heterocycles. The maximum atomic E-state index is 11.5. The summed E-state index contributed by atoms with van der Waals surface area (Å²) in [6.45, 7) is 0. The molecule has 1 N–H and O–H groups in total. The van der Waals surface area contributed by atoms with Gasteiger partial charge in [0.1, 0.15) is 0 Å². The molecule has 0 spiro atoms. The summed E-state index contributed by atoms with van der Waals surface area (Å²) in [7, 11) is 0. The van der Waals surface area contributed by atoms with Gasteiger partial charge in [0.2, 0.25) is 11.9 Å². The standard InChI is InChI=1S/C12H16N2O3/c15-11-4-3-10(14(16)17)12(13-11)9-6-7-1-2-8(9)5-7/h1-2,7-10,12H,3-6H2,(H,13,15)/t7-,8-,9+,10+,12+/m0/s1. The molecule has 2 aliphatic carbocycles. The summed E-state index contributed by atoms with van der Waals surface area (Å²) in [6, 6.07) is -0.850. The maximum absolute atomic E-state index is 11.5. The number of carbonyl (C=O) groups is 1. The number of carbonyl (C=O) groups excluding carboxylic acids is 1. The fourth-order valence-corrected chi connectivity index (χ4v) is 3.68. The number of nitro groups is 1. The molecule has 1 saturated heterocycles. The highest BCUT2D eigenvalue weighted by Gasteiger charge is 2.48. The highest BCUT2D eigenvalue weighted by atomic mass is 16.6. The van der Waals surface area contributed by atoms with Gasteiger partial charge in [-0.05, 0) is 30.6 Å². The van der Waals surface area contributed by atoms with Crippen molar-refractivity contribution in [3.63, 3.8) is 0 Å². The number of fused-ring (bicyclic) bond motifs is 2. The van der Waals surface area contributed by atoms with E-state index in [1.54, 1.807) is 0 Å². The largest absolute Gasteiger partial charge is 0.346 e. The Morgan fingerprint density at radius 3 is 2.76 bits per heavy atom. The number of hydrogen-bond donors (Lipinski definition) is 1. The fraction of sp³-hybridized carbons (Fsp3) is 0.750. The molecular weight excluding hydrogens is 220 g/mol. The Morgan fingerprint density at radius 1 is 1.35 bits per heavy atom. The van der Waals surface area contributed by atoms with E-state index >= 15 is 0 Å². The molecule has 2 bridgehead atoms. The second-order valence-electron chi connectivity index (χ2n) is 5.43. The minimum absolute atomic E-state index is 0.0279. The summed E-state index contributed by atoms with van der Waals surface area (Å²) < 4.78 is 0. The van der Waals surface area contributed by atoms with Crippen LogP contribution in [0.3, 0.4) is 0 Å². The molecule has 1 amide bonds. The Kier molecular flexibility index (Phi) is 2.42. The SMILES string of the molecule is O=C1CC[C@@H]([N+](=O)[O-])[C@@H]([C@@H]2C[C@H]3C=C[C@H]2C3)N1. The van der Waals surface area contributed by atoms with E-state index in [1.807, 2.05) is 0 Å². The van der Waals surface area contributed by atoms with Crippen molar-refractivity contribution in [1.82, 2.24) is 5.32 Å². The lowest BCUT2D eigenvalue weighted by atomic mass is 9.80. The first kappa shape index (κ1) is 10.7. The third kappa shape index (κ3) is 1.73. The lowest BCUT2D eigenvalue weighted by molar-refractivity contribution is -0.530. The first-order valence-corrected chi connectivity index (χ1v) is 6.26. The minimum atomic E-state index is -0.592. The summed E-state index contributed by atoms with van der Waals surface area (Å²) in [6.07, 6.45) is 7.18. The topological polar surface area (TPSA) is 72.2 Å². The van der Waals surface area contributed by atoms with Crippen LogP contribution in [0.2, 0.25) is 0 Å². The Bertz CT molecular complexity index is 393. The smallest absolute Gasteiger partial charge is 0.233 e. The molecule has 1 heterocycles. The van der Waals surface area contributed by atoms with Crippen molar-refractivity contribution in [2.24, 2.45) is 17.8 Å². The quantitative estimate of drug-likeness (QED) is 0.443.